The third-order valence-electron chi connectivity index (χ3n) is 1.97. The third kappa shape index (κ3) is 4.29. The number of aliphatic imine (C=N–C) groups is 1. The first-order valence-corrected chi connectivity index (χ1v) is 4.38. The molecule has 0 aromatic carbocycles. The van der Waals surface area contributed by atoms with E-state index in [0.717, 1.165) is 5.71 Å². The van der Waals surface area contributed by atoms with Crippen molar-refractivity contribution in [1.29, 1.82) is 0 Å². The molecule has 2 atom stereocenters. The van der Waals surface area contributed by atoms with Gasteiger partial charge in [0.1, 0.15) is 0 Å². The van der Waals surface area contributed by atoms with Crippen molar-refractivity contribution in [3.8, 4) is 0 Å². The molecule has 0 aromatic rings. The monoisotopic (exact) mass is 168 g/mol. The summed E-state index contributed by atoms with van der Waals surface area (Å²) in [7, 11) is 0. The van der Waals surface area contributed by atoms with Crippen LogP contribution in [0.3, 0.4) is 0 Å². The van der Waals surface area contributed by atoms with E-state index in [0.29, 0.717) is 5.92 Å². The summed E-state index contributed by atoms with van der Waals surface area (Å²) < 4.78 is 0. The Hall–Kier alpha value is -0.630. The molecule has 0 saturated heterocycles. The van der Waals surface area contributed by atoms with Crippen molar-refractivity contribution in [3.63, 3.8) is 0 Å². The molecule has 0 aromatic heterocycles. The van der Waals surface area contributed by atoms with Crippen LogP contribution in [0.15, 0.2) is 16.8 Å². The summed E-state index contributed by atoms with van der Waals surface area (Å²) in [6, 6.07) is 0.180. The Labute approximate surface area is 75.6 Å². The maximum absolute atomic E-state index is 5.74. The smallest absolute Gasteiger partial charge is 0.0253 e. The van der Waals surface area contributed by atoms with Crippen molar-refractivity contribution in [2.45, 2.75) is 40.7 Å². The summed E-state index contributed by atoms with van der Waals surface area (Å²) in [6.07, 6.45) is 1.88. The minimum atomic E-state index is 0.180. The predicted molar refractivity (Wildman–Crippen MR) is 55.4 cm³/mol. The van der Waals surface area contributed by atoms with Crippen molar-refractivity contribution in [3.05, 3.63) is 11.8 Å². The molecule has 2 N–H and O–H groups in total. The average Bonchev–Trinajstić information content (AvgIpc) is 1.98. The van der Waals surface area contributed by atoms with Gasteiger partial charge in [-0.25, -0.2) is 0 Å². The fourth-order valence-corrected chi connectivity index (χ4v) is 0.729. The fraction of sp³-hybridized carbons (Fsp3) is 0.700. The van der Waals surface area contributed by atoms with E-state index in [1.807, 2.05) is 33.9 Å². The molecule has 0 amide bonds. The highest BCUT2D eigenvalue weighted by atomic mass is 14.7. The van der Waals surface area contributed by atoms with E-state index in [2.05, 4.69) is 11.9 Å². The van der Waals surface area contributed by atoms with Crippen LogP contribution in [0.5, 0.6) is 0 Å². The largest absolute Gasteiger partial charge is 0.327 e. The highest BCUT2D eigenvalue weighted by Gasteiger charge is 2.09. The number of rotatable bonds is 3. The molecular formula is C10H20N2. The van der Waals surface area contributed by atoms with Gasteiger partial charge in [-0.05, 0) is 27.7 Å². The van der Waals surface area contributed by atoms with Gasteiger partial charge in [-0.3, -0.25) is 4.99 Å². The zero-order chi connectivity index (χ0) is 9.72. The minimum Gasteiger partial charge on any atom is -0.327 e. The predicted octanol–water partition coefficient (Wildman–Crippen LogP) is 2.35. The van der Waals surface area contributed by atoms with Gasteiger partial charge in [-0.2, -0.15) is 0 Å². The summed E-state index contributed by atoms with van der Waals surface area (Å²) in [5.41, 5.74) is 8.06. The van der Waals surface area contributed by atoms with Gasteiger partial charge >= 0.3 is 0 Å². The highest BCUT2D eigenvalue weighted by Crippen LogP contribution is 2.03. The van der Waals surface area contributed by atoms with E-state index < -0.39 is 0 Å². The van der Waals surface area contributed by atoms with Crippen LogP contribution in [-0.4, -0.2) is 11.8 Å². The van der Waals surface area contributed by atoms with E-state index in [1.165, 1.54) is 5.57 Å². The Kier molecular flexibility index (Phi) is 4.83. The normalized spacial score (nSPS) is 17.0. The minimum absolute atomic E-state index is 0.180. The van der Waals surface area contributed by atoms with Gasteiger partial charge in [0.15, 0.2) is 0 Å². The first-order chi connectivity index (χ1) is 5.45. The Bertz CT molecular complexity index is 186. The Morgan fingerprint density at radius 2 is 1.75 bits per heavy atom. The second-order valence-corrected chi connectivity index (χ2v) is 3.62. The topological polar surface area (TPSA) is 38.4 Å². The lowest BCUT2D eigenvalue weighted by Gasteiger charge is -2.14. The van der Waals surface area contributed by atoms with Crippen LogP contribution in [0.4, 0.5) is 0 Å². The van der Waals surface area contributed by atoms with Crippen molar-refractivity contribution >= 4 is 5.71 Å². The molecule has 2 heteroatoms. The van der Waals surface area contributed by atoms with Crippen LogP contribution >= 0.6 is 0 Å². The quantitative estimate of drug-likeness (QED) is 0.645. The molecule has 0 heterocycles. The molecule has 0 aliphatic heterocycles. The first-order valence-electron chi connectivity index (χ1n) is 4.38. The Morgan fingerprint density at radius 1 is 1.25 bits per heavy atom. The molecule has 0 aliphatic carbocycles. The molecule has 0 rings (SSSR count). The highest BCUT2D eigenvalue weighted by molar-refractivity contribution is 5.85. The van der Waals surface area contributed by atoms with Crippen LogP contribution in [-0.2, 0) is 0 Å². The molecule has 12 heavy (non-hydrogen) atoms. The van der Waals surface area contributed by atoms with Crippen molar-refractivity contribution < 1.29 is 0 Å². The van der Waals surface area contributed by atoms with Gasteiger partial charge in [-0.1, -0.05) is 12.5 Å². The van der Waals surface area contributed by atoms with Crippen LogP contribution < -0.4 is 5.73 Å². The van der Waals surface area contributed by atoms with E-state index in [-0.39, 0.29) is 6.04 Å². The van der Waals surface area contributed by atoms with Crippen LogP contribution in [0.2, 0.25) is 0 Å². The zero-order valence-corrected chi connectivity index (χ0v) is 8.76. The van der Waals surface area contributed by atoms with Gasteiger partial charge in [0.05, 0.1) is 0 Å². The van der Waals surface area contributed by atoms with E-state index >= 15 is 0 Å². The first kappa shape index (κ1) is 11.4. The molecule has 1 unspecified atom stereocenters. The fourth-order valence-electron chi connectivity index (χ4n) is 0.729. The van der Waals surface area contributed by atoms with Crippen LogP contribution in [0, 0.1) is 5.92 Å². The number of hydrogen-bond donors (Lipinski definition) is 1. The van der Waals surface area contributed by atoms with Crippen LogP contribution in [0.25, 0.3) is 0 Å². The van der Waals surface area contributed by atoms with E-state index in [4.69, 9.17) is 5.73 Å². The Balaban J connectivity index is 4.28. The summed E-state index contributed by atoms with van der Waals surface area (Å²) in [5, 5.41) is 0. The lowest BCUT2D eigenvalue weighted by molar-refractivity contribution is 0.610. The average molecular weight is 168 g/mol. The maximum Gasteiger partial charge on any atom is 0.0253 e. The molecular weight excluding hydrogens is 148 g/mol. The molecule has 0 saturated carbocycles. The molecule has 0 spiro atoms. The standard InChI is InChI=1S/C10H20N2/c1-7(2)6-12-10(5)8(3)9(4)11/h6,8-9H,11H2,1-5H3/b12-10+/t8?,9-/m1/s1. The van der Waals surface area contributed by atoms with Gasteiger partial charge in [0.2, 0.25) is 0 Å². The van der Waals surface area contributed by atoms with E-state index in [1.54, 1.807) is 0 Å². The SMILES string of the molecule is CC(C)=C/N=C(\C)C(C)[C@@H](C)N. The van der Waals surface area contributed by atoms with Gasteiger partial charge in [-0.15, -0.1) is 0 Å². The summed E-state index contributed by atoms with van der Waals surface area (Å²) in [6.45, 7) is 10.2. The number of allylic oxidation sites excluding steroid dienone is 1. The number of hydrogen-bond acceptors (Lipinski definition) is 2. The number of nitrogens with two attached hydrogens (primary N) is 1. The third-order valence-corrected chi connectivity index (χ3v) is 1.97. The van der Waals surface area contributed by atoms with Gasteiger partial charge in [0.25, 0.3) is 0 Å². The summed E-state index contributed by atoms with van der Waals surface area (Å²) in [5.74, 6) is 0.362. The summed E-state index contributed by atoms with van der Waals surface area (Å²) in [4.78, 5) is 4.32. The second-order valence-electron chi connectivity index (χ2n) is 3.62. The number of nitrogens with zero attached hydrogens (tertiary/aromatic N) is 1. The molecule has 0 aliphatic rings. The summed E-state index contributed by atoms with van der Waals surface area (Å²) >= 11 is 0. The van der Waals surface area contributed by atoms with Crippen molar-refractivity contribution in [2.75, 3.05) is 0 Å². The van der Waals surface area contributed by atoms with Gasteiger partial charge < -0.3 is 5.73 Å². The second kappa shape index (κ2) is 5.09. The van der Waals surface area contributed by atoms with Crippen molar-refractivity contribution in [2.24, 2.45) is 16.6 Å². The maximum atomic E-state index is 5.74. The van der Waals surface area contributed by atoms with E-state index in [9.17, 15) is 0 Å². The lowest BCUT2D eigenvalue weighted by atomic mass is 10.00. The molecule has 0 radical (unpaired) electrons. The molecule has 0 bridgehead atoms. The lowest BCUT2D eigenvalue weighted by Crippen LogP contribution is -2.29. The van der Waals surface area contributed by atoms with Crippen molar-refractivity contribution in [1.82, 2.24) is 0 Å². The molecule has 70 valence electrons. The van der Waals surface area contributed by atoms with Gasteiger partial charge in [0, 0.05) is 23.9 Å². The molecule has 2 nitrogen and oxygen atoms in total. The molecule has 0 fully saturated rings. The van der Waals surface area contributed by atoms with Crippen LogP contribution in [0.1, 0.15) is 34.6 Å². The Morgan fingerprint density at radius 3 is 2.08 bits per heavy atom. The zero-order valence-electron chi connectivity index (χ0n) is 8.76.